The number of hydrogen-bond acceptors (Lipinski definition) is 2. The van der Waals surface area contributed by atoms with Crippen LogP contribution in [0.1, 0.15) is 38.8 Å². The predicted molar refractivity (Wildman–Crippen MR) is 64.8 cm³/mol. The monoisotopic (exact) mass is 274 g/mol. The van der Waals surface area contributed by atoms with Crippen molar-refractivity contribution in [2.75, 3.05) is 6.61 Å². The summed E-state index contributed by atoms with van der Waals surface area (Å²) in [5, 5.41) is 4.32. The van der Waals surface area contributed by atoms with Crippen LogP contribution in [0.2, 0.25) is 0 Å². The Labute approximate surface area is 99.9 Å². The van der Waals surface area contributed by atoms with Crippen LogP contribution in [-0.2, 0) is 17.9 Å². The van der Waals surface area contributed by atoms with Crippen LogP contribution in [0.3, 0.4) is 0 Å². The van der Waals surface area contributed by atoms with Crippen molar-refractivity contribution < 1.29 is 4.74 Å². The fourth-order valence-corrected chi connectivity index (χ4v) is 1.76. The lowest BCUT2D eigenvalue weighted by Gasteiger charge is -2.07. The Morgan fingerprint density at radius 3 is 2.87 bits per heavy atom. The summed E-state index contributed by atoms with van der Waals surface area (Å²) in [4.78, 5) is 0. The fraction of sp³-hybridized carbons (Fsp3) is 0.727. The highest BCUT2D eigenvalue weighted by Crippen LogP contribution is 2.17. The molecule has 86 valence electrons. The van der Waals surface area contributed by atoms with Crippen LogP contribution in [0.5, 0.6) is 0 Å². The van der Waals surface area contributed by atoms with Crippen LogP contribution in [-0.4, -0.2) is 16.4 Å². The molecule has 0 amide bonds. The molecule has 0 atom stereocenters. The summed E-state index contributed by atoms with van der Waals surface area (Å²) < 4.78 is 8.62. The number of nitrogens with zero attached hydrogens (tertiary/aromatic N) is 2. The van der Waals surface area contributed by atoms with Gasteiger partial charge in [-0.05, 0) is 28.8 Å². The molecule has 1 rings (SSSR count). The predicted octanol–water partition coefficient (Wildman–Crippen LogP) is 3.37. The third-order valence-electron chi connectivity index (χ3n) is 2.21. The van der Waals surface area contributed by atoms with E-state index < -0.39 is 0 Å². The van der Waals surface area contributed by atoms with Crippen molar-refractivity contribution >= 4 is 15.9 Å². The molecule has 1 heterocycles. The van der Waals surface area contributed by atoms with E-state index >= 15 is 0 Å². The lowest BCUT2D eigenvalue weighted by Crippen LogP contribution is -2.07. The van der Waals surface area contributed by atoms with Crippen LogP contribution in [0.4, 0.5) is 0 Å². The number of hydrogen-bond donors (Lipinski definition) is 0. The second kappa shape index (κ2) is 7.01. The Balaban J connectivity index is 2.54. The van der Waals surface area contributed by atoms with Crippen molar-refractivity contribution in [2.45, 2.75) is 46.3 Å². The van der Waals surface area contributed by atoms with Gasteiger partial charge in [0.05, 0.1) is 23.0 Å². The van der Waals surface area contributed by atoms with Gasteiger partial charge in [-0.25, -0.2) is 0 Å². The van der Waals surface area contributed by atoms with E-state index in [4.69, 9.17) is 4.74 Å². The zero-order valence-electron chi connectivity index (χ0n) is 9.50. The van der Waals surface area contributed by atoms with Gasteiger partial charge in [0, 0.05) is 13.2 Å². The Morgan fingerprint density at radius 1 is 1.40 bits per heavy atom. The molecule has 0 aromatic carbocycles. The van der Waals surface area contributed by atoms with Gasteiger partial charge in [0.2, 0.25) is 0 Å². The molecule has 15 heavy (non-hydrogen) atoms. The minimum atomic E-state index is 0.651. The second-order valence-electron chi connectivity index (χ2n) is 3.57. The van der Waals surface area contributed by atoms with Crippen LogP contribution >= 0.6 is 15.9 Å². The molecule has 1 aromatic heterocycles. The van der Waals surface area contributed by atoms with E-state index in [1.165, 1.54) is 6.42 Å². The Kier molecular flexibility index (Phi) is 5.95. The molecular weight excluding hydrogens is 256 g/mol. The minimum absolute atomic E-state index is 0.651. The molecule has 0 bridgehead atoms. The second-order valence-corrected chi connectivity index (χ2v) is 4.42. The molecule has 0 fully saturated rings. The molecule has 3 nitrogen and oxygen atoms in total. The van der Waals surface area contributed by atoms with Crippen LogP contribution < -0.4 is 0 Å². The molecule has 0 unspecified atom stereocenters. The Morgan fingerprint density at radius 2 is 2.20 bits per heavy atom. The first-order chi connectivity index (χ1) is 7.29. The van der Waals surface area contributed by atoms with Crippen molar-refractivity contribution in [1.82, 2.24) is 9.78 Å². The molecule has 0 aliphatic carbocycles. The molecule has 0 saturated carbocycles. The number of aryl methyl sites for hydroxylation is 1. The first kappa shape index (κ1) is 12.7. The molecule has 4 heteroatoms. The van der Waals surface area contributed by atoms with Crippen molar-refractivity contribution in [1.29, 1.82) is 0 Å². The minimum Gasteiger partial charge on any atom is -0.375 e. The zero-order chi connectivity index (χ0) is 11.1. The number of unbranched alkanes of at least 4 members (excludes halogenated alkanes) is 1. The number of ether oxygens (including phenoxy) is 1. The lowest BCUT2D eigenvalue weighted by atomic mass is 10.3. The van der Waals surface area contributed by atoms with E-state index in [1.807, 2.05) is 10.9 Å². The van der Waals surface area contributed by atoms with Gasteiger partial charge in [0.15, 0.2) is 0 Å². The van der Waals surface area contributed by atoms with Gasteiger partial charge in [0.1, 0.15) is 0 Å². The van der Waals surface area contributed by atoms with Crippen molar-refractivity contribution in [3.8, 4) is 0 Å². The van der Waals surface area contributed by atoms with Gasteiger partial charge in [-0.1, -0.05) is 20.3 Å². The van der Waals surface area contributed by atoms with Crippen molar-refractivity contribution in [3.05, 3.63) is 16.4 Å². The lowest BCUT2D eigenvalue weighted by molar-refractivity contribution is 0.115. The Hall–Kier alpha value is -0.350. The van der Waals surface area contributed by atoms with Crippen LogP contribution in [0.15, 0.2) is 10.7 Å². The SMILES string of the molecule is CCCCn1ncc(Br)c1COCCC. The van der Waals surface area contributed by atoms with Crippen LogP contribution in [0.25, 0.3) is 0 Å². The summed E-state index contributed by atoms with van der Waals surface area (Å²) in [5.41, 5.74) is 1.15. The van der Waals surface area contributed by atoms with Gasteiger partial charge in [-0.15, -0.1) is 0 Å². The molecule has 0 spiro atoms. The highest BCUT2D eigenvalue weighted by molar-refractivity contribution is 9.10. The molecular formula is C11H19BrN2O. The summed E-state index contributed by atoms with van der Waals surface area (Å²) in [6.45, 7) is 6.74. The van der Waals surface area contributed by atoms with Crippen molar-refractivity contribution in [2.24, 2.45) is 0 Å². The van der Waals surface area contributed by atoms with Crippen molar-refractivity contribution in [3.63, 3.8) is 0 Å². The molecule has 0 N–H and O–H groups in total. The number of halogens is 1. The van der Waals surface area contributed by atoms with E-state index in [1.54, 1.807) is 0 Å². The van der Waals surface area contributed by atoms with E-state index in [9.17, 15) is 0 Å². The smallest absolute Gasteiger partial charge is 0.0896 e. The molecule has 0 aliphatic heterocycles. The number of aromatic nitrogens is 2. The Bertz CT molecular complexity index is 286. The first-order valence-electron chi connectivity index (χ1n) is 5.57. The largest absolute Gasteiger partial charge is 0.375 e. The zero-order valence-corrected chi connectivity index (χ0v) is 11.1. The van der Waals surface area contributed by atoms with E-state index in [2.05, 4.69) is 34.9 Å². The summed E-state index contributed by atoms with van der Waals surface area (Å²) in [7, 11) is 0. The van der Waals surface area contributed by atoms with E-state index in [0.29, 0.717) is 6.61 Å². The molecule has 1 aromatic rings. The van der Waals surface area contributed by atoms with Gasteiger partial charge in [-0.2, -0.15) is 5.10 Å². The fourth-order valence-electron chi connectivity index (χ4n) is 1.35. The van der Waals surface area contributed by atoms with Gasteiger partial charge in [0.25, 0.3) is 0 Å². The number of rotatable bonds is 7. The maximum absolute atomic E-state index is 5.54. The van der Waals surface area contributed by atoms with E-state index in [-0.39, 0.29) is 0 Å². The highest BCUT2D eigenvalue weighted by atomic mass is 79.9. The molecule has 0 saturated heterocycles. The van der Waals surface area contributed by atoms with Gasteiger partial charge < -0.3 is 4.74 Å². The quantitative estimate of drug-likeness (QED) is 0.713. The summed E-state index contributed by atoms with van der Waals surface area (Å²) >= 11 is 3.50. The molecule has 0 radical (unpaired) electrons. The van der Waals surface area contributed by atoms with Gasteiger partial charge in [-0.3, -0.25) is 4.68 Å². The maximum atomic E-state index is 5.54. The third-order valence-corrected chi connectivity index (χ3v) is 2.87. The summed E-state index contributed by atoms with van der Waals surface area (Å²) in [6.07, 6.45) is 5.25. The highest BCUT2D eigenvalue weighted by Gasteiger charge is 2.07. The normalized spacial score (nSPS) is 10.9. The standard InChI is InChI=1S/C11H19BrN2O/c1-3-5-6-14-11(9-15-7-4-2)10(12)8-13-14/h8H,3-7,9H2,1-2H3. The summed E-state index contributed by atoms with van der Waals surface area (Å²) in [6, 6.07) is 0. The average molecular weight is 275 g/mol. The third kappa shape index (κ3) is 3.95. The van der Waals surface area contributed by atoms with Crippen LogP contribution in [0, 0.1) is 0 Å². The average Bonchev–Trinajstić information content (AvgIpc) is 2.58. The molecule has 0 aliphatic rings. The van der Waals surface area contributed by atoms with E-state index in [0.717, 1.165) is 36.2 Å². The van der Waals surface area contributed by atoms with Gasteiger partial charge >= 0.3 is 0 Å². The summed E-state index contributed by atoms with van der Waals surface area (Å²) in [5.74, 6) is 0. The maximum Gasteiger partial charge on any atom is 0.0896 e. The first-order valence-corrected chi connectivity index (χ1v) is 6.36. The topological polar surface area (TPSA) is 27.1 Å².